The van der Waals surface area contributed by atoms with Gasteiger partial charge in [-0.3, -0.25) is 0 Å². The summed E-state index contributed by atoms with van der Waals surface area (Å²) in [7, 11) is -0.769. The molecule has 0 aromatic carbocycles. The SMILES string of the molecule is C[Si]1(CCCl)CCCCC1. The van der Waals surface area contributed by atoms with Crippen molar-refractivity contribution < 1.29 is 0 Å². The molecule has 10 heavy (non-hydrogen) atoms. The second-order valence-electron chi connectivity index (χ2n) is 3.81. The molecule has 1 aliphatic heterocycles. The van der Waals surface area contributed by atoms with Crippen LogP contribution in [0, 0.1) is 0 Å². The zero-order chi connectivity index (χ0) is 7.45. The van der Waals surface area contributed by atoms with Gasteiger partial charge in [-0.15, -0.1) is 11.6 Å². The minimum Gasteiger partial charge on any atom is -0.127 e. The average Bonchev–Trinajstić information content (AvgIpc) is 1.89. The Kier molecular flexibility index (Phi) is 3.24. The summed E-state index contributed by atoms with van der Waals surface area (Å²) >= 11 is 5.76. The van der Waals surface area contributed by atoms with E-state index >= 15 is 0 Å². The lowest BCUT2D eigenvalue weighted by Gasteiger charge is -2.30. The second kappa shape index (κ2) is 3.77. The largest absolute Gasteiger partial charge is 0.127 e. The molecule has 0 aromatic rings. The Hall–Kier alpha value is 0.507. The van der Waals surface area contributed by atoms with Gasteiger partial charge in [0.15, 0.2) is 0 Å². The van der Waals surface area contributed by atoms with Crippen molar-refractivity contribution in [2.24, 2.45) is 0 Å². The van der Waals surface area contributed by atoms with Crippen molar-refractivity contribution in [3.63, 3.8) is 0 Å². The van der Waals surface area contributed by atoms with Gasteiger partial charge in [-0.05, 0) is 6.04 Å². The van der Waals surface area contributed by atoms with E-state index in [1.165, 1.54) is 25.3 Å². The summed E-state index contributed by atoms with van der Waals surface area (Å²) in [4.78, 5) is 0. The van der Waals surface area contributed by atoms with Crippen LogP contribution in [0.1, 0.15) is 19.3 Å². The van der Waals surface area contributed by atoms with Crippen LogP contribution in [0.5, 0.6) is 0 Å². The first-order valence-electron chi connectivity index (χ1n) is 4.33. The van der Waals surface area contributed by atoms with Gasteiger partial charge in [0, 0.05) is 5.88 Å². The molecule has 1 saturated heterocycles. The molecule has 0 saturated carbocycles. The first kappa shape index (κ1) is 8.60. The fourth-order valence-corrected chi connectivity index (χ4v) is 6.67. The van der Waals surface area contributed by atoms with Crippen LogP contribution in [-0.4, -0.2) is 14.0 Å². The third-order valence-corrected chi connectivity index (χ3v) is 7.84. The highest BCUT2D eigenvalue weighted by Crippen LogP contribution is 2.31. The maximum Gasteiger partial charge on any atom is 0.0516 e. The first-order chi connectivity index (χ1) is 4.77. The van der Waals surface area contributed by atoms with Crippen LogP contribution in [0.15, 0.2) is 0 Å². The molecule has 0 amide bonds. The van der Waals surface area contributed by atoms with Crippen LogP contribution < -0.4 is 0 Å². The summed E-state index contributed by atoms with van der Waals surface area (Å²) in [6, 6.07) is 4.44. The highest BCUT2D eigenvalue weighted by atomic mass is 35.5. The van der Waals surface area contributed by atoms with Gasteiger partial charge in [-0.1, -0.05) is 37.9 Å². The maximum absolute atomic E-state index is 5.76. The summed E-state index contributed by atoms with van der Waals surface area (Å²) in [6.07, 6.45) is 4.45. The number of hydrogen-bond acceptors (Lipinski definition) is 0. The fourth-order valence-electron chi connectivity index (χ4n) is 1.88. The van der Waals surface area contributed by atoms with Crippen molar-refractivity contribution in [3.05, 3.63) is 0 Å². The molecule has 0 unspecified atom stereocenters. The monoisotopic (exact) mass is 176 g/mol. The summed E-state index contributed by atoms with van der Waals surface area (Å²) in [5.74, 6) is 0.905. The van der Waals surface area contributed by atoms with E-state index in [2.05, 4.69) is 6.55 Å². The summed E-state index contributed by atoms with van der Waals surface area (Å²) < 4.78 is 0. The van der Waals surface area contributed by atoms with Crippen molar-refractivity contribution in [2.75, 3.05) is 5.88 Å². The predicted molar refractivity (Wildman–Crippen MR) is 50.6 cm³/mol. The van der Waals surface area contributed by atoms with Gasteiger partial charge in [0.1, 0.15) is 0 Å². The van der Waals surface area contributed by atoms with E-state index < -0.39 is 8.07 Å². The van der Waals surface area contributed by atoms with Crippen LogP contribution in [0.4, 0.5) is 0 Å². The zero-order valence-electron chi connectivity index (χ0n) is 6.83. The molecule has 0 nitrogen and oxygen atoms in total. The topological polar surface area (TPSA) is 0 Å². The molecular formula is C8H17ClSi. The zero-order valence-corrected chi connectivity index (χ0v) is 8.58. The molecule has 0 radical (unpaired) electrons. The molecule has 2 heteroatoms. The number of halogens is 1. The summed E-state index contributed by atoms with van der Waals surface area (Å²) in [5.41, 5.74) is 0. The van der Waals surface area contributed by atoms with Gasteiger partial charge >= 0.3 is 0 Å². The Labute approximate surface area is 70.0 Å². The van der Waals surface area contributed by atoms with Gasteiger partial charge in [0.2, 0.25) is 0 Å². The van der Waals surface area contributed by atoms with Crippen LogP contribution in [0.3, 0.4) is 0 Å². The minimum absolute atomic E-state index is 0.769. The molecule has 1 aliphatic rings. The summed E-state index contributed by atoms with van der Waals surface area (Å²) in [6.45, 7) is 2.52. The molecule has 1 heterocycles. The normalized spacial score (nSPS) is 24.6. The molecule has 0 bridgehead atoms. The molecule has 60 valence electrons. The van der Waals surface area contributed by atoms with Gasteiger partial charge < -0.3 is 0 Å². The molecule has 0 aromatic heterocycles. The van der Waals surface area contributed by atoms with E-state index in [1.54, 1.807) is 12.1 Å². The lowest BCUT2D eigenvalue weighted by molar-refractivity contribution is 0.708. The Morgan fingerprint density at radius 2 is 1.80 bits per heavy atom. The molecular weight excluding hydrogens is 160 g/mol. The first-order valence-corrected chi connectivity index (χ1v) is 7.98. The van der Waals surface area contributed by atoms with Gasteiger partial charge in [0.05, 0.1) is 8.07 Å². The highest BCUT2D eigenvalue weighted by Gasteiger charge is 2.27. The molecule has 0 spiro atoms. The Morgan fingerprint density at radius 1 is 1.20 bits per heavy atom. The maximum atomic E-state index is 5.76. The Balaban J connectivity index is 2.32. The van der Waals surface area contributed by atoms with Crippen LogP contribution in [0.2, 0.25) is 24.7 Å². The summed E-state index contributed by atoms with van der Waals surface area (Å²) in [5, 5.41) is 0. The van der Waals surface area contributed by atoms with E-state index in [9.17, 15) is 0 Å². The lowest BCUT2D eigenvalue weighted by Crippen LogP contribution is -2.32. The van der Waals surface area contributed by atoms with Crippen LogP contribution in [-0.2, 0) is 0 Å². The predicted octanol–water partition coefficient (Wildman–Crippen LogP) is 3.49. The van der Waals surface area contributed by atoms with E-state index in [-0.39, 0.29) is 0 Å². The highest BCUT2D eigenvalue weighted by molar-refractivity contribution is 6.79. The van der Waals surface area contributed by atoms with Crippen molar-refractivity contribution in [1.82, 2.24) is 0 Å². The second-order valence-corrected chi connectivity index (χ2v) is 9.31. The quantitative estimate of drug-likeness (QED) is 0.447. The van der Waals surface area contributed by atoms with E-state index in [1.807, 2.05) is 0 Å². The van der Waals surface area contributed by atoms with Gasteiger partial charge in [-0.25, -0.2) is 0 Å². The Morgan fingerprint density at radius 3 is 2.30 bits per heavy atom. The third kappa shape index (κ3) is 2.28. The Bertz CT molecular complexity index is 91.9. The molecule has 1 rings (SSSR count). The standard InChI is InChI=1S/C8H17ClSi/c1-10(8-5-9)6-3-2-4-7-10/h2-8H2,1H3. The fraction of sp³-hybridized carbons (Fsp3) is 1.00. The number of hydrogen-bond donors (Lipinski definition) is 0. The van der Waals surface area contributed by atoms with Crippen molar-refractivity contribution in [2.45, 2.75) is 43.9 Å². The van der Waals surface area contributed by atoms with Crippen molar-refractivity contribution in [3.8, 4) is 0 Å². The van der Waals surface area contributed by atoms with Crippen molar-refractivity contribution in [1.29, 1.82) is 0 Å². The van der Waals surface area contributed by atoms with E-state index in [0.717, 1.165) is 5.88 Å². The molecule has 0 aliphatic carbocycles. The van der Waals surface area contributed by atoms with E-state index in [4.69, 9.17) is 11.6 Å². The molecule has 0 N–H and O–H groups in total. The number of rotatable bonds is 2. The lowest BCUT2D eigenvalue weighted by atomic mass is 10.3. The van der Waals surface area contributed by atoms with Crippen molar-refractivity contribution >= 4 is 19.7 Å². The average molecular weight is 177 g/mol. The van der Waals surface area contributed by atoms with Gasteiger partial charge in [-0.2, -0.15) is 0 Å². The number of alkyl halides is 1. The molecule has 0 atom stereocenters. The smallest absolute Gasteiger partial charge is 0.0516 e. The van der Waals surface area contributed by atoms with Gasteiger partial charge in [0.25, 0.3) is 0 Å². The minimum atomic E-state index is -0.769. The third-order valence-electron chi connectivity index (χ3n) is 2.76. The molecule has 1 fully saturated rings. The van der Waals surface area contributed by atoms with Crippen LogP contribution in [0.25, 0.3) is 0 Å². The van der Waals surface area contributed by atoms with Crippen LogP contribution >= 0.6 is 11.6 Å². The van der Waals surface area contributed by atoms with E-state index in [0.29, 0.717) is 0 Å².